The maximum Gasteiger partial charge on any atom is 0.270 e. The summed E-state index contributed by atoms with van der Waals surface area (Å²) in [5.74, 6) is -0.146. The summed E-state index contributed by atoms with van der Waals surface area (Å²) in [4.78, 5) is 14.0. The van der Waals surface area contributed by atoms with Gasteiger partial charge in [-0.25, -0.2) is 13.1 Å². The monoisotopic (exact) mass is 347 g/mol. The number of aromatic nitrogens is 1. The minimum Gasteiger partial charge on any atom is -0.342 e. The van der Waals surface area contributed by atoms with Crippen LogP contribution in [0.3, 0.4) is 0 Å². The molecule has 0 saturated heterocycles. The molecule has 0 radical (unpaired) electrons. The Morgan fingerprint density at radius 2 is 1.88 bits per heavy atom. The van der Waals surface area contributed by atoms with Crippen LogP contribution in [0.25, 0.3) is 0 Å². The largest absolute Gasteiger partial charge is 0.342 e. The van der Waals surface area contributed by atoms with Crippen molar-refractivity contribution in [1.82, 2.24) is 14.2 Å². The molecule has 0 saturated carbocycles. The number of carbonyl (C=O) groups excluding carboxylic acids is 1. The second-order valence-electron chi connectivity index (χ2n) is 6.14. The lowest BCUT2D eigenvalue weighted by Crippen LogP contribution is -2.26. The summed E-state index contributed by atoms with van der Waals surface area (Å²) in [6.45, 7) is 3.51. The molecule has 0 spiro atoms. The zero-order valence-electron chi connectivity index (χ0n) is 13.8. The van der Waals surface area contributed by atoms with Crippen LogP contribution in [0.4, 0.5) is 0 Å². The van der Waals surface area contributed by atoms with E-state index in [2.05, 4.69) is 4.72 Å². The van der Waals surface area contributed by atoms with Gasteiger partial charge in [0.1, 0.15) is 10.6 Å². The van der Waals surface area contributed by atoms with Crippen molar-refractivity contribution < 1.29 is 13.2 Å². The highest BCUT2D eigenvalue weighted by Crippen LogP contribution is 2.19. The van der Waals surface area contributed by atoms with Crippen LogP contribution in [0.15, 0.2) is 41.4 Å². The number of amides is 1. The molecule has 1 aliphatic rings. The van der Waals surface area contributed by atoms with Gasteiger partial charge >= 0.3 is 0 Å². The third-order valence-corrected chi connectivity index (χ3v) is 5.60. The summed E-state index contributed by atoms with van der Waals surface area (Å²) < 4.78 is 29.4. The van der Waals surface area contributed by atoms with Gasteiger partial charge in [-0.3, -0.25) is 4.79 Å². The quantitative estimate of drug-likeness (QED) is 0.916. The molecule has 1 amide bonds. The topological polar surface area (TPSA) is 71.4 Å². The predicted molar refractivity (Wildman–Crippen MR) is 91.2 cm³/mol. The Kier molecular flexibility index (Phi) is 4.47. The Hall–Kier alpha value is -2.12. The average Bonchev–Trinajstić information content (AvgIpc) is 2.93. The summed E-state index contributed by atoms with van der Waals surface area (Å²) in [5, 5.41) is 0. The highest BCUT2D eigenvalue weighted by atomic mass is 32.2. The molecule has 3 rings (SSSR count). The second-order valence-corrected chi connectivity index (χ2v) is 7.91. The highest BCUT2D eigenvalue weighted by molar-refractivity contribution is 7.89. The van der Waals surface area contributed by atoms with E-state index in [4.69, 9.17) is 0 Å². The van der Waals surface area contributed by atoms with Gasteiger partial charge in [-0.15, -0.1) is 0 Å². The summed E-state index contributed by atoms with van der Waals surface area (Å²) in [5.41, 5.74) is 2.44. The van der Waals surface area contributed by atoms with E-state index in [0.29, 0.717) is 18.8 Å². The third kappa shape index (κ3) is 3.37. The highest BCUT2D eigenvalue weighted by Gasteiger charge is 2.25. The number of nitrogens with one attached hydrogen (secondary N) is 1. The van der Waals surface area contributed by atoms with Gasteiger partial charge in [0.05, 0.1) is 0 Å². The van der Waals surface area contributed by atoms with Crippen molar-refractivity contribution in [1.29, 1.82) is 0 Å². The summed E-state index contributed by atoms with van der Waals surface area (Å²) in [6, 6.07) is 9.13. The summed E-state index contributed by atoms with van der Waals surface area (Å²) in [6.07, 6.45) is 2.35. The first-order chi connectivity index (χ1) is 11.4. The molecule has 1 aliphatic heterocycles. The summed E-state index contributed by atoms with van der Waals surface area (Å²) >= 11 is 0. The number of rotatable bonds is 4. The predicted octanol–water partition coefficient (Wildman–Crippen LogP) is 1.75. The van der Waals surface area contributed by atoms with Gasteiger partial charge in [0.15, 0.2) is 0 Å². The van der Waals surface area contributed by atoms with Crippen molar-refractivity contribution in [3.63, 3.8) is 0 Å². The van der Waals surface area contributed by atoms with Crippen molar-refractivity contribution in [3.05, 3.63) is 53.3 Å². The average molecular weight is 347 g/mol. The van der Waals surface area contributed by atoms with Crippen LogP contribution >= 0.6 is 0 Å². The number of hydrogen-bond acceptors (Lipinski definition) is 3. The Labute approximate surface area is 142 Å². The molecule has 2 aromatic rings. The lowest BCUT2D eigenvalue weighted by Gasteiger charge is -2.12. The standard InChI is InChI=1S/C17H21N3O3S/c1-13-4-6-14(7-5-13)11-18-24(22,23)15-10-16-17(21)19(2)8-3-9-20(16)12-15/h4-7,10,12,18H,3,8-9,11H2,1-2H3. The van der Waals surface area contributed by atoms with E-state index >= 15 is 0 Å². The molecule has 1 aromatic heterocycles. The molecular weight excluding hydrogens is 326 g/mol. The number of nitrogens with zero attached hydrogens (tertiary/aromatic N) is 2. The fourth-order valence-corrected chi connectivity index (χ4v) is 3.79. The number of fused-ring (bicyclic) bond motifs is 1. The van der Waals surface area contributed by atoms with Crippen LogP contribution in [0.1, 0.15) is 28.0 Å². The first-order valence-corrected chi connectivity index (χ1v) is 9.36. The Bertz CT molecular complexity index is 854. The molecule has 1 aromatic carbocycles. The minimum atomic E-state index is -3.66. The first-order valence-electron chi connectivity index (χ1n) is 7.88. The van der Waals surface area contributed by atoms with Crippen LogP contribution in [-0.4, -0.2) is 37.4 Å². The zero-order valence-corrected chi connectivity index (χ0v) is 14.6. The Morgan fingerprint density at radius 3 is 2.58 bits per heavy atom. The van der Waals surface area contributed by atoms with Gasteiger partial charge in [0.25, 0.3) is 5.91 Å². The van der Waals surface area contributed by atoms with Gasteiger partial charge in [0, 0.05) is 32.9 Å². The molecule has 128 valence electrons. The van der Waals surface area contributed by atoms with E-state index in [-0.39, 0.29) is 17.3 Å². The number of carbonyl (C=O) groups is 1. The molecule has 7 heteroatoms. The molecular formula is C17H21N3O3S. The molecule has 24 heavy (non-hydrogen) atoms. The number of aryl methyl sites for hydroxylation is 2. The van der Waals surface area contributed by atoms with Crippen LogP contribution in [0.2, 0.25) is 0 Å². The maximum atomic E-state index is 12.5. The third-order valence-electron chi connectivity index (χ3n) is 4.23. The van der Waals surface area contributed by atoms with Gasteiger partial charge in [-0.1, -0.05) is 29.8 Å². The van der Waals surface area contributed by atoms with Crippen LogP contribution < -0.4 is 4.72 Å². The number of hydrogen-bond donors (Lipinski definition) is 1. The van der Waals surface area contributed by atoms with Crippen molar-refractivity contribution in [2.24, 2.45) is 0 Å². The van der Waals surface area contributed by atoms with Crippen LogP contribution in [0, 0.1) is 6.92 Å². The smallest absolute Gasteiger partial charge is 0.270 e. The van der Waals surface area contributed by atoms with E-state index in [9.17, 15) is 13.2 Å². The maximum absolute atomic E-state index is 12.5. The number of benzene rings is 1. The normalized spacial score (nSPS) is 15.2. The Balaban J connectivity index is 1.80. The molecule has 0 unspecified atom stereocenters. The molecule has 0 fully saturated rings. The van der Waals surface area contributed by atoms with E-state index < -0.39 is 10.0 Å². The lowest BCUT2D eigenvalue weighted by atomic mass is 10.2. The van der Waals surface area contributed by atoms with E-state index in [0.717, 1.165) is 17.5 Å². The summed E-state index contributed by atoms with van der Waals surface area (Å²) in [7, 11) is -1.93. The second kappa shape index (κ2) is 6.41. The van der Waals surface area contributed by atoms with Crippen molar-refractivity contribution in [2.45, 2.75) is 31.3 Å². The van der Waals surface area contributed by atoms with E-state index in [1.54, 1.807) is 22.7 Å². The van der Waals surface area contributed by atoms with Crippen LogP contribution in [-0.2, 0) is 23.1 Å². The first kappa shape index (κ1) is 16.7. The number of sulfonamides is 1. The van der Waals surface area contributed by atoms with Gasteiger partial charge in [-0.2, -0.15) is 0 Å². The molecule has 0 bridgehead atoms. The fourth-order valence-electron chi connectivity index (χ4n) is 2.74. The van der Waals surface area contributed by atoms with Crippen molar-refractivity contribution in [2.75, 3.05) is 13.6 Å². The van der Waals surface area contributed by atoms with Crippen molar-refractivity contribution in [3.8, 4) is 0 Å². The van der Waals surface area contributed by atoms with Crippen LogP contribution in [0.5, 0.6) is 0 Å². The van der Waals surface area contributed by atoms with E-state index in [1.165, 1.54) is 6.07 Å². The zero-order chi connectivity index (χ0) is 17.3. The van der Waals surface area contributed by atoms with E-state index in [1.807, 2.05) is 31.2 Å². The Morgan fingerprint density at radius 1 is 1.17 bits per heavy atom. The fraction of sp³-hybridized carbons (Fsp3) is 0.353. The lowest BCUT2D eigenvalue weighted by molar-refractivity contribution is 0.0796. The molecule has 1 N–H and O–H groups in total. The molecule has 0 aliphatic carbocycles. The molecule has 6 nitrogen and oxygen atoms in total. The molecule has 2 heterocycles. The van der Waals surface area contributed by atoms with Crippen molar-refractivity contribution >= 4 is 15.9 Å². The van der Waals surface area contributed by atoms with Gasteiger partial charge < -0.3 is 9.47 Å². The SMILES string of the molecule is Cc1ccc(CNS(=O)(=O)c2cc3n(c2)CCCN(C)C3=O)cc1. The van der Waals surface area contributed by atoms with Gasteiger partial charge in [0.2, 0.25) is 10.0 Å². The minimum absolute atomic E-state index is 0.133. The molecule has 0 atom stereocenters. The van der Waals surface area contributed by atoms with Gasteiger partial charge in [-0.05, 0) is 25.0 Å².